The Balaban J connectivity index is 2.34. The lowest BCUT2D eigenvalue weighted by atomic mass is 10.1. The van der Waals surface area contributed by atoms with Crippen molar-refractivity contribution in [2.24, 2.45) is 0 Å². The molecule has 0 spiro atoms. The smallest absolute Gasteiger partial charge is 0.323 e. The number of nitrogens with zero attached hydrogens (tertiary/aromatic N) is 1. The van der Waals surface area contributed by atoms with Gasteiger partial charge in [0.05, 0.1) is 17.6 Å². The average molecular weight is 432 g/mol. The van der Waals surface area contributed by atoms with Gasteiger partial charge in [-0.05, 0) is 24.6 Å². The number of hydrogen-bond acceptors (Lipinski definition) is 6. The van der Waals surface area contributed by atoms with Gasteiger partial charge < -0.3 is 14.6 Å². The number of ether oxygens (including phenoxy) is 2. The first-order valence-electron chi connectivity index (χ1n) is 8.59. The second-order valence-corrected chi connectivity index (χ2v) is 7.55. The molecule has 0 saturated carbocycles. The summed E-state index contributed by atoms with van der Waals surface area (Å²) >= 11 is 6.18. The predicted molar refractivity (Wildman–Crippen MR) is 117 cm³/mol. The summed E-state index contributed by atoms with van der Waals surface area (Å²) in [6, 6.07) is 9.63. The fourth-order valence-corrected chi connectivity index (χ4v) is 3.65. The molecule has 0 radical (unpaired) electrons. The van der Waals surface area contributed by atoms with Gasteiger partial charge in [0.1, 0.15) is 29.0 Å². The maximum atomic E-state index is 12.6. The van der Waals surface area contributed by atoms with Crippen molar-refractivity contribution in [2.75, 3.05) is 13.7 Å². The Kier molecular flexibility index (Phi) is 8.23. The fourth-order valence-electron chi connectivity index (χ4n) is 2.42. The van der Waals surface area contributed by atoms with Crippen LogP contribution in [0, 0.1) is 0 Å². The van der Waals surface area contributed by atoms with E-state index in [1.807, 2.05) is 30.3 Å². The molecule has 6 nitrogen and oxygen atoms in total. The maximum absolute atomic E-state index is 12.6. The number of carbonyl (C=O) groups is 2. The third kappa shape index (κ3) is 6.07. The number of thioether (sulfide) groups is 1. The number of aliphatic carboxylic acids is 1. The van der Waals surface area contributed by atoms with Crippen LogP contribution in [0.3, 0.4) is 0 Å². The Morgan fingerprint density at radius 1 is 1.34 bits per heavy atom. The molecule has 0 aliphatic carbocycles. The first-order valence-corrected chi connectivity index (χ1v) is 9.81. The highest BCUT2D eigenvalue weighted by Gasteiger charge is 2.34. The van der Waals surface area contributed by atoms with E-state index in [1.165, 1.54) is 7.11 Å². The number of carbonyl (C=O) groups excluding carboxylic acids is 1. The van der Waals surface area contributed by atoms with E-state index in [9.17, 15) is 9.59 Å². The van der Waals surface area contributed by atoms with Crippen molar-refractivity contribution in [2.45, 2.75) is 13.5 Å². The highest BCUT2D eigenvalue weighted by atomic mass is 32.2. The molecule has 1 aromatic rings. The van der Waals surface area contributed by atoms with Crippen LogP contribution in [0.1, 0.15) is 12.5 Å². The molecule has 1 N–H and O–H groups in total. The van der Waals surface area contributed by atoms with Gasteiger partial charge in [0.25, 0.3) is 5.91 Å². The fraction of sp³-hybridized carbons (Fsp3) is 0.190. The zero-order valence-electron chi connectivity index (χ0n) is 16.1. The molecule has 8 heteroatoms. The molecule has 1 fully saturated rings. The molecule has 1 aliphatic heterocycles. The lowest BCUT2D eigenvalue weighted by Crippen LogP contribution is -2.33. The molecule has 1 amide bonds. The van der Waals surface area contributed by atoms with E-state index in [0.717, 1.165) is 22.2 Å². The molecule has 0 atom stereocenters. The van der Waals surface area contributed by atoms with Crippen LogP contribution in [0.2, 0.25) is 0 Å². The van der Waals surface area contributed by atoms with Gasteiger partial charge in [0.15, 0.2) is 0 Å². The van der Waals surface area contributed by atoms with Gasteiger partial charge in [0, 0.05) is 0 Å². The van der Waals surface area contributed by atoms with E-state index in [2.05, 4.69) is 6.58 Å². The van der Waals surface area contributed by atoms with E-state index >= 15 is 0 Å². The number of hydrogen-bond donors (Lipinski definition) is 1. The van der Waals surface area contributed by atoms with Gasteiger partial charge in [-0.15, -0.1) is 0 Å². The second kappa shape index (κ2) is 10.6. The number of carboxylic acids is 1. The summed E-state index contributed by atoms with van der Waals surface area (Å²) in [5.74, 6) is -0.615. The molecule has 29 heavy (non-hydrogen) atoms. The Hall–Kier alpha value is -2.84. The van der Waals surface area contributed by atoms with E-state index in [0.29, 0.717) is 28.6 Å². The number of rotatable bonds is 9. The van der Waals surface area contributed by atoms with Gasteiger partial charge >= 0.3 is 5.97 Å². The number of allylic oxidation sites excluding steroid dienone is 4. The third-order valence-electron chi connectivity index (χ3n) is 3.90. The number of amides is 1. The summed E-state index contributed by atoms with van der Waals surface area (Å²) in [5.41, 5.74) is 1.52. The highest BCUT2D eigenvalue weighted by molar-refractivity contribution is 8.26. The van der Waals surface area contributed by atoms with Crippen molar-refractivity contribution in [1.29, 1.82) is 0 Å². The van der Waals surface area contributed by atoms with Crippen LogP contribution < -0.4 is 0 Å². The zero-order valence-corrected chi connectivity index (χ0v) is 17.7. The Labute approximate surface area is 179 Å². The number of methoxy groups -OCH3 is 1. The second-order valence-electron chi connectivity index (χ2n) is 5.88. The highest BCUT2D eigenvalue weighted by Crippen LogP contribution is 2.34. The number of carboxylic acid groups (broad SMARTS) is 1. The lowest BCUT2D eigenvalue weighted by Gasteiger charge is -2.15. The minimum absolute atomic E-state index is 0.192. The van der Waals surface area contributed by atoms with Crippen LogP contribution in [-0.4, -0.2) is 39.9 Å². The van der Waals surface area contributed by atoms with Crippen LogP contribution >= 0.6 is 24.0 Å². The van der Waals surface area contributed by atoms with Crippen molar-refractivity contribution in [3.05, 3.63) is 82.7 Å². The number of benzene rings is 1. The zero-order chi connectivity index (χ0) is 21.4. The van der Waals surface area contributed by atoms with Crippen LogP contribution in [0.15, 0.2) is 77.1 Å². The summed E-state index contributed by atoms with van der Waals surface area (Å²) in [5, 5.41) is 8.99. The molecule has 1 aliphatic rings. The van der Waals surface area contributed by atoms with Crippen LogP contribution in [-0.2, 0) is 25.7 Å². The van der Waals surface area contributed by atoms with E-state index in [4.69, 9.17) is 26.8 Å². The van der Waals surface area contributed by atoms with Gasteiger partial charge in [-0.2, -0.15) is 0 Å². The minimum Gasteiger partial charge on any atom is -0.501 e. The molecule has 0 aromatic heterocycles. The molecule has 1 heterocycles. The van der Waals surface area contributed by atoms with Crippen molar-refractivity contribution in [1.82, 2.24) is 4.90 Å². The van der Waals surface area contributed by atoms with Crippen molar-refractivity contribution < 1.29 is 24.2 Å². The predicted octanol–water partition coefficient (Wildman–Crippen LogP) is 4.02. The Morgan fingerprint density at radius 3 is 2.62 bits per heavy atom. The van der Waals surface area contributed by atoms with Crippen LogP contribution in [0.4, 0.5) is 0 Å². The SMILES string of the molecule is C=C\C=C(OCc1ccccc1)/C(/C=C1\SC(=S)N(CC(=O)O)C1=O)=C(\C)OC. The molecule has 0 bridgehead atoms. The van der Waals surface area contributed by atoms with E-state index in [-0.39, 0.29) is 4.32 Å². The van der Waals surface area contributed by atoms with Crippen LogP contribution in [0.5, 0.6) is 0 Å². The van der Waals surface area contributed by atoms with E-state index in [1.54, 1.807) is 25.2 Å². The minimum atomic E-state index is -1.13. The van der Waals surface area contributed by atoms with Crippen LogP contribution in [0.25, 0.3) is 0 Å². The van der Waals surface area contributed by atoms with Gasteiger partial charge in [-0.25, -0.2) is 0 Å². The summed E-state index contributed by atoms with van der Waals surface area (Å²) in [7, 11) is 1.52. The summed E-state index contributed by atoms with van der Waals surface area (Å²) < 4.78 is 11.5. The van der Waals surface area contributed by atoms with Crippen molar-refractivity contribution >= 4 is 40.2 Å². The molecular formula is C21H21NO5S2. The normalized spacial score (nSPS) is 16.7. The Bertz CT molecular complexity index is 903. The molecular weight excluding hydrogens is 410 g/mol. The first kappa shape index (κ1) is 22.4. The average Bonchev–Trinajstić information content (AvgIpc) is 2.96. The quantitative estimate of drug-likeness (QED) is 0.274. The largest absolute Gasteiger partial charge is 0.501 e. The summed E-state index contributed by atoms with van der Waals surface area (Å²) in [6.07, 6.45) is 4.85. The monoisotopic (exact) mass is 431 g/mol. The first-order chi connectivity index (χ1) is 13.9. The third-order valence-corrected chi connectivity index (χ3v) is 5.28. The standard InChI is InChI=1S/C21H21NO5S2/c1-4-8-17(27-13-15-9-6-5-7-10-15)16(14(2)26-3)11-18-20(25)22(12-19(23)24)21(28)29-18/h4-11H,1,12-13H2,2-3H3,(H,23,24)/b16-14+,17-8+,18-11-. The van der Waals surface area contributed by atoms with Gasteiger partial charge in [-0.3, -0.25) is 14.5 Å². The summed E-state index contributed by atoms with van der Waals surface area (Å²) in [4.78, 5) is 24.9. The molecule has 1 aromatic carbocycles. The molecule has 1 saturated heterocycles. The van der Waals surface area contributed by atoms with Gasteiger partial charge in [0.2, 0.25) is 0 Å². The maximum Gasteiger partial charge on any atom is 0.323 e. The lowest BCUT2D eigenvalue weighted by molar-refractivity contribution is -0.140. The van der Waals surface area contributed by atoms with Gasteiger partial charge in [-0.1, -0.05) is 67.0 Å². The topological polar surface area (TPSA) is 76.1 Å². The summed E-state index contributed by atoms with van der Waals surface area (Å²) in [6.45, 7) is 5.29. The van der Waals surface area contributed by atoms with Crippen molar-refractivity contribution in [3.63, 3.8) is 0 Å². The molecule has 152 valence electrons. The van der Waals surface area contributed by atoms with E-state index < -0.39 is 18.4 Å². The van der Waals surface area contributed by atoms with Crippen molar-refractivity contribution in [3.8, 4) is 0 Å². The molecule has 2 rings (SSSR count). The molecule has 0 unspecified atom stereocenters. The Morgan fingerprint density at radius 2 is 2.03 bits per heavy atom. The number of thiocarbonyl (C=S) groups is 1.